The van der Waals surface area contributed by atoms with Crippen molar-refractivity contribution in [3.05, 3.63) is 28.5 Å². The van der Waals surface area contributed by atoms with Crippen LogP contribution in [-0.2, 0) is 0 Å². The third kappa shape index (κ3) is 3.19. The van der Waals surface area contributed by atoms with Gasteiger partial charge in [0.1, 0.15) is 5.82 Å². The van der Waals surface area contributed by atoms with Gasteiger partial charge in [-0.25, -0.2) is 4.39 Å². The Morgan fingerprint density at radius 1 is 1.53 bits per heavy atom. The van der Waals surface area contributed by atoms with E-state index >= 15 is 0 Å². The van der Waals surface area contributed by atoms with Crippen LogP contribution in [0.3, 0.4) is 0 Å². The molecule has 2 rings (SSSR count). The van der Waals surface area contributed by atoms with E-state index < -0.39 is 0 Å². The topological polar surface area (TPSA) is 15.3 Å². The predicted octanol–water partition coefficient (Wildman–Crippen LogP) is 3.17. The summed E-state index contributed by atoms with van der Waals surface area (Å²) in [6, 6.07) is 5.78. The molecule has 1 unspecified atom stereocenters. The molecule has 17 heavy (non-hydrogen) atoms. The molecular weight excluding hydrogens is 283 g/mol. The summed E-state index contributed by atoms with van der Waals surface area (Å²) >= 11 is 3.25. The van der Waals surface area contributed by atoms with E-state index in [1.807, 2.05) is 12.1 Å². The first-order valence-electron chi connectivity index (χ1n) is 6.14. The molecule has 1 aliphatic heterocycles. The summed E-state index contributed by atoms with van der Waals surface area (Å²) < 4.78 is 13.8. The van der Waals surface area contributed by atoms with Crippen LogP contribution in [0.15, 0.2) is 22.7 Å². The Morgan fingerprint density at radius 3 is 3.06 bits per heavy atom. The summed E-state index contributed by atoms with van der Waals surface area (Å²) in [6.45, 7) is 5.29. The molecule has 0 amide bonds. The van der Waals surface area contributed by atoms with E-state index in [1.165, 1.54) is 6.07 Å². The Bertz CT molecular complexity index is 384. The fourth-order valence-corrected chi connectivity index (χ4v) is 2.55. The molecule has 1 aromatic carbocycles. The molecule has 4 heteroatoms. The van der Waals surface area contributed by atoms with Gasteiger partial charge >= 0.3 is 0 Å². The van der Waals surface area contributed by atoms with Gasteiger partial charge in [0.2, 0.25) is 0 Å². The lowest BCUT2D eigenvalue weighted by atomic mass is 10.2. The molecule has 1 saturated heterocycles. The molecule has 1 N–H and O–H groups in total. The van der Waals surface area contributed by atoms with Gasteiger partial charge in [-0.05, 0) is 53.5 Å². The van der Waals surface area contributed by atoms with Crippen LogP contribution < -0.4 is 10.2 Å². The summed E-state index contributed by atoms with van der Waals surface area (Å²) in [4.78, 5) is 2.33. The zero-order chi connectivity index (χ0) is 12.3. The Hall–Kier alpha value is -0.610. The Labute approximate surface area is 110 Å². The largest absolute Gasteiger partial charge is 0.370 e. The van der Waals surface area contributed by atoms with Crippen LogP contribution in [0.4, 0.5) is 10.1 Å². The fourth-order valence-electron chi connectivity index (χ4n) is 2.19. The standard InChI is InChI=1S/C13H18BrFN2/c1-2-10-9-17(7-3-6-16-10)11-4-5-13(15)12(14)8-11/h4-5,8,10,16H,2-3,6-7,9H2,1H3. The van der Waals surface area contributed by atoms with E-state index in [2.05, 4.69) is 33.1 Å². The van der Waals surface area contributed by atoms with E-state index in [9.17, 15) is 4.39 Å². The van der Waals surface area contributed by atoms with Gasteiger partial charge in [0.25, 0.3) is 0 Å². The van der Waals surface area contributed by atoms with E-state index in [0.29, 0.717) is 10.5 Å². The molecule has 1 heterocycles. The zero-order valence-corrected chi connectivity index (χ0v) is 11.6. The maximum atomic E-state index is 13.2. The second-order valence-corrected chi connectivity index (χ2v) is 5.31. The van der Waals surface area contributed by atoms with Crippen LogP contribution in [0.1, 0.15) is 19.8 Å². The van der Waals surface area contributed by atoms with E-state index in [1.54, 1.807) is 0 Å². The summed E-state index contributed by atoms with van der Waals surface area (Å²) in [5.41, 5.74) is 1.10. The van der Waals surface area contributed by atoms with Crippen molar-refractivity contribution in [2.45, 2.75) is 25.8 Å². The van der Waals surface area contributed by atoms with Gasteiger partial charge in [-0.2, -0.15) is 0 Å². The monoisotopic (exact) mass is 300 g/mol. The number of halogens is 2. The number of anilines is 1. The SMILES string of the molecule is CCC1CN(c2ccc(F)c(Br)c2)CCCN1. The van der Waals surface area contributed by atoms with Crippen molar-refractivity contribution in [3.8, 4) is 0 Å². The van der Waals surface area contributed by atoms with Gasteiger partial charge in [0.05, 0.1) is 4.47 Å². The lowest BCUT2D eigenvalue weighted by Gasteiger charge is -2.26. The quantitative estimate of drug-likeness (QED) is 0.902. The van der Waals surface area contributed by atoms with Gasteiger partial charge in [-0.3, -0.25) is 0 Å². The lowest BCUT2D eigenvalue weighted by molar-refractivity contribution is 0.528. The summed E-state index contributed by atoms with van der Waals surface area (Å²) in [6.07, 6.45) is 2.25. The van der Waals surface area contributed by atoms with Crippen LogP contribution >= 0.6 is 15.9 Å². The van der Waals surface area contributed by atoms with Crippen LogP contribution in [-0.4, -0.2) is 25.7 Å². The summed E-state index contributed by atoms with van der Waals surface area (Å²) in [5, 5.41) is 3.53. The number of benzene rings is 1. The molecule has 2 nitrogen and oxygen atoms in total. The highest BCUT2D eigenvalue weighted by Gasteiger charge is 2.17. The highest BCUT2D eigenvalue weighted by molar-refractivity contribution is 9.10. The molecular formula is C13H18BrFN2. The maximum Gasteiger partial charge on any atom is 0.137 e. The average molecular weight is 301 g/mol. The van der Waals surface area contributed by atoms with Gasteiger partial charge in [-0.15, -0.1) is 0 Å². The molecule has 0 spiro atoms. The first-order chi connectivity index (χ1) is 8.20. The van der Waals surface area contributed by atoms with Gasteiger partial charge < -0.3 is 10.2 Å². The van der Waals surface area contributed by atoms with Crippen molar-refractivity contribution in [1.82, 2.24) is 5.32 Å². The molecule has 1 atom stereocenters. The molecule has 0 saturated carbocycles. The minimum atomic E-state index is -0.200. The number of rotatable bonds is 2. The molecule has 94 valence electrons. The minimum absolute atomic E-state index is 0.200. The third-order valence-electron chi connectivity index (χ3n) is 3.24. The molecule has 0 bridgehead atoms. The van der Waals surface area contributed by atoms with E-state index in [-0.39, 0.29) is 5.82 Å². The van der Waals surface area contributed by atoms with Gasteiger partial charge in [-0.1, -0.05) is 6.92 Å². The number of hydrogen-bond donors (Lipinski definition) is 1. The maximum absolute atomic E-state index is 13.2. The molecule has 0 aromatic heterocycles. The normalized spacial score (nSPS) is 21.4. The second kappa shape index (κ2) is 5.83. The summed E-state index contributed by atoms with van der Waals surface area (Å²) in [7, 11) is 0. The van der Waals surface area contributed by atoms with Crippen molar-refractivity contribution in [2.75, 3.05) is 24.5 Å². The Balaban J connectivity index is 2.16. The Morgan fingerprint density at radius 2 is 2.35 bits per heavy atom. The third-order valence-corrected chi connectivity index (χ3v) is 3.85. The first kappa shape index (κ1) is 12.8. The van der Waals surface area contributed by atoms with Gasteiger partial charge in [0.15, 0.2) is 0 Å². The number of nitrogens with one attached hydrogen (secondary N) is 1. The van der Waals surface area contributed by atoms with E-state index in [0.717, 1.165) is 38.2 Å². The molecule has 0 radical (unpaired) electrons. The zero-order valence-electron chi connectivity index (χ0n) is 10.0. The lowest BCUT2D eigenvalue weighted by Crippen LogP contribution is -2.37. The molecule has 1 fully saturated rings. The highest BCUT2D eigenvalue weighted by Crippen LogP contribution is 2.24. The van der Waals surface area contributed by atoms with Crippen LogP contribution in [0, 0.1) is 5.82 Å². The van der Waals surface area contributed by atoms with Crippen LogP contribution in [0.25, 0.3) is 0 Å². The second-order valence-electron chi connectivity index (χ2n) is 4.46. The van der Waals surface area contributed by atoms with Crippen molar-refractivity contribution < 1.29 is 4.39 Å². The average Bonchev–Trinajstić information content (AvgIpc) is 2.58. The Kier molecular flexibility index (Phi) is 4.40. The van der Waals surface area contributed by atoms with Crippen LogP contribution in [0.2, 0.25) is 0 Å². The fraction of sp³-hybridized carbons (Fsp3) is 0.538. The van der Waals surface area contributed by atoms with Gasteiger partial charge in [0, 0.05) is 24.8 Å². The number of nitrogens with zero attached hydrogens (tertiary/aromatic N) is 1. The number of hydrogen-bond acceptors (Lipinski definition) is 2. The molecule has 1 aromatic rings. The minimum Gasteiger partial charge on any atom is -0.370 e. The first-order valence-corrected chi connectivity index (χ1v) is 6.93. The predicted molar refractivity (Wildman–Crippen MR) is 73.0 cm³/mol. The molecule has 0 aliphatic carbocycles. The van der Waals surface area contributed by atoms with Crippen molar-refractivity contribution in [3.63, 3.8) is 0 Å². The van der Waals surface area contributed by atoms with Crippen LogP contribution in [0.5, 0.6) is 0 Å². The van der Waals surface area contributed by atoms with E-state index in [4.69, 9.17) is 0 Å². The van der Waals surface area contributed by atoms with Crippen molar-refractivity contribution >= 4 is 21.6 Å². The molecule has 1 aliphatic rings. The van der Waals surface area contributed by atoms with Crippen molar-refractivity contribution in [2.24, 2.45) is 0 Å². The summed E-state index contributed by atoms with van der Waals surface area (Å²) in [5.74, 6) is -0.200. The smallest absolute Gasteiger partial charge is 0.137 e. The van der Waals surface area contributed by atoms with Crippen molar-refractivity contribution in [1.29, 1.82) is 0 Å². The highest BCUT2D eigenvalue weighted by atomic mass is 79.9.